The van der Waals surface area contributed by atoms with Gasteiger partial charge in [0.1, 0.15) is 0 Å². The zero-order chi connectivity index (χ0) is 13.8. The Morgan fingerprint density at radius 3 is 2.53 bits per heavy atom. The summed E-state index contributed by atoms with van der Waals surface area (Å²) in [6.45, 7) is 0. The molecule has 0 unspecified atom stereocenters. The molecule has 5 nitrogen and oxygen atoms in total. The second-order valence-corrected chi connectivity index (χ2v) is 3.96. The molecule has 0 saturated heterocycles. The number of nitrogens with zero attached hydrogens (tertiary/aromatic N) is 2. The Hall–Kier alpha value is -2.69. The molecular formula is C14H12N2O3. The smallest absolute Gasteiger partial charge is 0.335 e. The molecule has 0 radical (unpaired) electrons. The molecule has 1 aromatic heterocycles. The summed E-state index contributed by atoms with van der Waals surface area (Å²) in [6.07, 6.45) is 3.19. The van der Waals surface area contributed by atoms with Crippen molar-refractivity contribution in [3.05, 3.63) is 59.9 Å². The molecule has 0 spiro atoms. The van der Waals surface area contributed by atoms with Gasteiger partial charge in [-0.05, 0) is 30.3 Å². The molecule has 2 rings (SSSR count). The number of carboxylic acid groups (broad SMARTS) is 1. The minimum Gasteiger partial charge on any atom is -0.478 e. The number of hydrogen-bond acceptors (Lipinski definition) is 3. The van der Waals surface area contributed by atoms with Crippen LogP contribution < -0.4 is 4.90 Å². The van der Waals surface area contributed by atoms with Crippen LogP contribution in [0.4, 0.5) is 5.69 Å². The number of benzene rings is 1. The van der Waals surface area contributed by atoms with Crippen LogP contribution in [0.1, 0.15) is 20.7 Å². The Bertz CT molecular complexity index is 611. The molecule has 1 N–H and O–H groups in total. The first-order chi connectivity index (χ1) is 9.09. The van der Waals surface area contributed by atoms with E-state index in [9.17, 15) is 9.59 Å². The number of carbonyl (C=O) groups is 2. The third-order valence-electron chi connectivity index (χ3n) is 2.69. The van der Waals surface area contributed by atoms with Gasteiger partial charge < -0.3 is 10.0 Å². The fourth-order valence-electron chi connectivity index (χ4n) is 1.65. The molecule has 19 heavy (non-hydrogen) atoms. The van der Waals surface area contributed by atoms with Crippen molar-refractivity contribution in [2.45, 2.75) is 0 Å². The highest BCUT2D eigenvalue weighted by Crippen LogP contribution is 2.14. The molecule has 2 aromatic rings. The van der Waals surface area contributed by atoms with Gasteiger partial charge in [-0.15, -0.1) is 0 Å². The molecule has 0 aliphatic carbocycles. The highest BCUT2D eigenvalue weighted by Gasteiger charge is 2.15. The third kappa shape index (κ3) is 2.77. The lowest BCUT2D eigenvalue weighted by atomic mass is 10.1. The van der Waals surface area contributed by atoms with Crippen LogP contribution >= 0.6 is 0 Å². The first-order valence-electron chi connectivity index (χ1n) is 5.61. The second-order valence-electron chi connectivity index (χ2n) is 3.96. The van der Waals surface area contributed by atoms with Gasteiger partial charge in [0.15, 0.2) is 0 Å². The van der Waals surface area contributed by atoms with Crippen molar-refractivity contribution in [1.29, 1.82) is 0 Å². The maximum atomic E-state index is 12.2. The molecule has 96 valence electrons. The van der Waals surface area contributed by atoms with Gasteiger partial charge in [-0.25, -0.2) is 4.79 Å². The molecular weight excluding hydrogens is 244 g/mol. The lowest BCUT2D eigenvalue weighted by Gasteiger charge is -2.16. The fraction of sp³-hybridized carbons (Fsp3) is 0.0714. The number of pyridine rings is 1. The second kappa shape index (κ2) is 5.30. The molecule has 1 aromatic carbocycles. The van der Waals surface area contributed by atoms with Crippen LogP contribution in [0, 0.1) is 0 Å². The normalized spacial score (nSPS) is 9.95. The number of hydrogen-bond donors (Lipinski definition) is 1. The summed E-state index contributed by atoms with van der Waals surface area (Å²) < 4.78 is 0. The summed E-state index contributed by atoms with van der Waals surface area (Å²) in [6, 6.07) is 9.43. The predicted molar refractivity (Wildman–Crippen MR) is 70.4 cm³/mol. The summed E-state index contributed by atoms with van der Waals surface area (Å²) in [5.41, 5.74) is 1.06. The largest absolute Gasteiger partial charge is 0.478 e. The average Bonchev–Trinajstić information content (AvgIpc) is 2.46. The zero-order valence-electron chi connectivity index (χ0n) is 10.3. The van der Waals surface area contributed by atoms with Crippen molar-refractivity contribution in [3.8, 4) is 0 Å². The van der Waals surface area contributed by atoms with Crippen LogP contribution in [0.3, 0.4) is 0 Å². The minimum absolute atomic E-state index is 0.0884. The van der Waals surface area contributed by atoms with Crippen LogP contribution in [0.2, 0.25) is 0 Å². The quantitative estimate of drug-likeness (QED) is 0.912. The van der Waals surface area contributed by atoms with E-state index in [1.54, 1.807) is 43.7 Å². The van der Waals surface area contributed by atoms with Crippen molar-refractivity contribution in [2.24, 2.45) is 0 Å². The van der Waals surface area contributed by atoms with E-state index >= 15 is 0 Å². The molecule has 0 bridgehead atoms. The van der Waals surface area contributed by atoms with Gasteiger partial charge in [0.05, 0.1) is 17.4 Å². The van der Waals surface area contributed by atoms with Gasteiger partial charge in [0, 0.05) is 18.8 Å². The van der Waals surface area contributed by atoms with Crippen LogP contribution in [0.5, 0.6) is 0 Å². The Balaban J connectivity index is 2.29. The molecule has 5 heteroatoms. The molecule has 1 heterocycles. The topological polar surface area (TPSA) is 70.5 Å². The van der Waals surface area contributed by atoms with E-state index in [0.717, 1.165) is 0 Å². The number of carboxylic acids is 1. The van der Waals surface area contributed by atoms with Crippen molar-refractivity contribution in [2.75, 3.05) is 11.9 Å². The van der Waals surface area contributed by atoms with Crippen molar-refractivity contribution >= 4 is 17.6 Å². The maximum Gasteiger partial charge on any atom is 0.335 e. The number of aromatic carboxylic acids is 1. The van der Waals surface area contributed by atoms with Gasteiger partial charge in [0.2, 0.25) is 0 Å². The summed E-state index contributed by atoms with van der Waals surface area (Å²) in [7, 11) is 1.62. The number of rotatable bonds is 3. The molecule has 0 fully saturated rings. The highest BCUT2D eigenvalue weighted by molar-refractivity contribution is 6.06. The first-order valence-corrected chi connectivity index (χ1v) is 5.61. The van der Waals surface area contributed by atoms with Gasteiger partial charge in [-0.2, -0.15) is 0 Å². The van der Waals surface area contributed by atoms with E-state index in [0.29, 0.717) is 11.3 Å². The Labute approximate surface area is 110 Å². The van der Waals surface area contributed by atoms with Crippen LogP contribution in [-0.2, 0) is 0 Å². The number of carbonyl (C=O) groups excluding carboxylic acids is 1. The Morgan fingerprint density at radius 2 is 1.89 bits per heavy atom. The standard InChI is InChI=1S/C14H12N2O3/c1-16(12-6-3-7-15-9-12)13(17)10-4-2-5-11(8-10)14(18)19/h2-9H,1H3,(H,18,19). The SMILES string of the molecule is CN(C(=O)c1cccc(C(=O)O)c1)c1cccnc1. The zero-order valence-corrected chi connectivity index (χ0v) is 10.3. The van der Waals surface area contributed by atoms with Crippen LogP contribution in [0.15, 0.2) is 48.8 Å². The molecule has 0 aliphatic heterocycles. The lowest BCUT2D eigenvalue weighted by molar-refractivity contribution is 0.0697. The number of anilines is 1. The van der Waals surface area contributed by atoms with Gasteiger partial charge in [-0.3, -0.25) is 9.78 Å². The first kappa shape index (κ1) is 12.8. The van der Waals surface area contributed by atoms with Gasteiger partial charge >= 0.3 is 5.97 Å². The van der Waals surface area contributed by atoms with Crippen LogP contribution in [-0.4, -0.2) is 29.0 Å². The van der Waals surface area contributed by atoms with E-state index in [4.69, 9.17) is 5.11 Å². The summed E-state index contributed by atoms with van der Waals surface area (Å²) >= 11 is 0. The Kier molecular flexibility index (Phi) is 3.56. The monoisotopic (exact) mass is 256 g/mol. The van der Waals surface area contributed by atoms with Crippen molar-refractivity contribution in [1.82, 2.24) is 4.98 Å². The molecule has 1 amide bonds. The predicted octanol–water partition coefficient (Wildman–Crippen LogP) is 2.06. The summed E-state index contributed by atoms with van der Waals surface area (Å²) in [5.74, 6) is -1.34. The van der Waals surface area contributed by atoms with E-state index in [-0.39, 0.29) is 11.5 Å². The molecule has 0 saturated carbocycles. The van der Waals surface area contributed by atoms with E-state index < -0.39 is 5.97 Å². The van der Waals surface area contributed by atoms with E-state index in [2.05, 4.69) is 4.98 Å². The fourth-order valence-corrected chi connectivity index (χ4v) is 1.65. The minimum atomic E-state index is -1.06. The van der Waals surface area contributed by atoms with Gasteiger partial charge in [0.25, 0.3) is 5.91 Å². The average molecular weight is 256 g/mol. The summed E-state index contributed by atoms with van der Waals surface area (Å²) in [4.78, 5) is 28.5. The number of amides is 1. The number of aromatic nitrogens is 1. The van der Waals surface area contributed by atoms with E-state index in [1.807, 2.05) is 0 Å². The molecule has 0 aliphatic rings. The van der Waals surface area contributed by atoms with Crippen LogP contribution in [0.25, 0.3) is 0 Å². The van der Waals surface area contributed by atoms with E-state index in [1.165, 1.54) is 17.0 Å². The summed E-state index contributed by atoms with van der Waals surface area (Å²) in [5, 5.41) is 8.91. The Morgan fingerprint density at radius 1 is 1.16 bits per heavy atom. The highest BCUT2D eigenvalue weighted by atomic mass is 16.4. The lowest BCUT2D eigenvalue weighted by Crippen LogP contribution is -2.26. The van der Waals surface area contributed by atoms with Crippen molar-refractivity contribution in [3.63, 3.8) is 0 Å². The van der Waals surface area contributed by atoms with Crippen molar-refractivity contribution < 1.29 is 14.7 Å². The maximum absolute atomic E-state index is 12.2. The van der Waals surface area contributed by atoms with Gasteiger partial charge in [-0.1, -0.05) is 6.07 Å². The molecule has 0 atom stereocenters. The third-order valence-corrected chi connectivity index (χ3v) is 2.69.